The number of amides is 1. The number of hydrogen-bond donors (Lipinski definition) is 1. The first-order valence-electron chi connectivity index (χ1n) is 8.68. The van der Waals surface area contributed by atoms with Crippen molar-refractivity contribution in [1.29, 1.82) is 0 Å². The van der Waals surface area contributed by atoms with Gasteiger partial charge in [-0.1, -0.05) is 11.2 Å². The van der Waals surface area contributed by atoms with Gasteiger partial charge in [-0.2, -0.15) is 31.4 Å². The summed E-state index contributed by atoms with van der Waals surface area (Å²) < 4.78 is 84.4. The molecule has 4 rings (SSSR count). The van der Waals surface area contributed by atoms with Crippen LogP contribution in [0.5, 0.6) is 0 Å². The summed E-state index contributed by atoms with van der Waals surface area (Å²) in [5.74, 6) is -0.347. The number of alkyl halides is 6. The summed E-state index contributed by atoms with van der Waals surface area (Å²) in [5.41, 5.74) is -3.67. The number of benzene rings is 1. The minimum atomic E-state index is -5.06. The number of carbonyl (C=O) groups is 1. The fourth-order valence-corrected chi connectivity index (χ4v) is 3.44. The van der Waals surface area contributed by atoms with Gasteiger partial charge in [0.2, 0.25) is 0 Å². The molecule has 1 amide bonds. The fourth-order valence-electron chi connectivity index (χ4n) is 2.77. The van der Waals surface area contributed by atoms with Crippen LogP contribution in [-0.2, 0) is 12.4 Å². The number of carbonyl (C=O) groups excluding carboxylic acids is 1. The van der Waals surface area contributed by atoms with Gasteiger partial charge >= 0.3 is 12.4 Å². The molecule has 0 unspecified atom stereocenters. The van der Waals surface area contributed by atoms with Crippen LogP contribution in [0, 0.1) is 0 Å². The summed E-state index contributed by atoms with van der Waals surface area (Å²) in [6.45, 7) is 0. The van der Waals surface area contributed by atoms with Crippen molar-refractivity contribution < 1.29 is 35.7 Å². The smallest absolute Gasteiger partial charge is 0.355 e. The molecule has 166 valence electrons. The molecule has 3 heterocycles. The molecule has 0 radical (unpaired) electrons. The van der Waals surface area contributed by atoms with Crippen LogP contribution >= 0.6 is 11.3 Å². The molecule has 0 fully saturated rings. The first-order valence-corrected chi connectivity index (χ1v) is 9.56. The second kappa shape index (κ2) is 7.82. The van der Waals surface area contributed by atoms with E-state index in [-0.39, 0.29) is 17.4 Å². The number of aromatic nitrogens is 3. The Balaban J connectivity index is 1.58. The molecule has 0 bridgehead atoms. The average Bonchev–Trinajstić information content (AvgIpc) is 3.46. The molecule has 0 atom stereocenters. The SMILES string of the molecule is O=C(Nc1cnn(-c2ccc(C(F)(F)F)cc2C(F)(F)F)c1)c1cc(-c2cccs2)on1. The topological polar surface area (TPSA) is 73.0 Å². The number of hydrogen-bond acceptors (Lipinski definition) is 5. The largest absolute Gasteiger partial charge is 0.418 e. The second-order valence-electron chi connectivity index (χ2n) is 6.41. The molecule has 13 heteroatoms. The first kappa shape index (κ1) is 21.6. The second-order valence-corrected chi connectivity index (χ2v) is 7.36. The lowest BCUT2D eigenvalue weighted by molar-refractivity contribution is -0.143. The zero-order valence-electron chi connectivity index (χ0n) is 15.5. The van der Waals surface area contributed by atoms with Crippen molar-refractivity contribution in [3.63, 3.8) is 0 Å². The van der Waals surface area contributed by atoms with Gasteiger partial charge in [0.25, 0.3) is 5.91 Å². The fraction of sp³-hybridized carbons (Fsp3) is 0.105. The predicted molar refractivity (Wildman–Crippen MR) is 101 cm³/mol. The van der Waals surface area contributed by atoms with Crippen LogP contribution in [0.3, 0.4) is 0 Å². The number of thiophene rings is 1. The van der Waals surface area contributed by atoms with Gasteiger partial charge in [0, 0.05) is 6.07 Å². The summed E-state index contributed by atoms with van der Waals surface area (Å²) in [4.78, 5) is 13.1. The van der Waals surface area contributed by atoms with Crippen LogP contribution in [0.25, 0.3) is 16.3 Å². The van der Waals surface area contributed by atoms with Gasteiger partial charge in [0.15, 0.2) is 11.5 Å². The first-order chi connectivity index (χ1) is 15.0. The number of nitrogens with one attached hydrogen (secondary N) is 1. The van der Waals surface area contributed by atoms with E-state index in [1.54, 1.807) is 12.1 Å². The zero-order valence-corrected chi connectivity index (χ0v) is 16.3. The molecule has 4 aromatic rings. The normalized spacial score (nSPS) is 12.2. The Bertz CT molecular complexity index is 1260. The summed E-state index contributed by atoms with van der Waals surface area (Å²) >= 11 is 1.37. The van der Waals surface area contributed by atoms with Gasteiger partial charge in [-0.05, 0) is 29.6 Å². The highest BCUT2D eigenvalue weighted by atomic mass is 32.1. The molecule has 0 saturated carbocycles. The maximum absolute atomic E-state index is 13.4. The Morgan fingerprint density at radius 1 is 1.06 bits per heavy atom. The number of rotatable bonds is 4. The highest BCUT2D eigenvalue weighted by molar-refractivity contribution is 7.13. The van der Waals surface area contributed by atoms with E-state index in [2.05, 4.69) is 15.6 Å². The summed E-state index contributed by atoms with van der Waals surface area (Å²) in [7, 11) is 0. The third-order valence-corrected chi connectivity index (χ3v) is 5.11. The zero-order chi connectivity index (χ0) is 23.1. The van der Waals surface area contributed by atoms with Gasteiger partial charge in [-0.25, -0.2) is 4.68 Å². The molecule has 0 aliphatic rings. The Hall–Kier alpha value is -3.61. The minimum Gasteiger partial charge on any atom is -0.355 e. The summed E-state index contributed by atoms with van der Waals surface area (Å²) in [5, 5.41) is 11.6. The van der Waals surface area contributed by atoms with E-state index in [1.165, 1.54) is 17.4 Å². The molecule has 0 saturated heterocycles. The Morgan fingerprint density at radius 2 is 1.84 bits per heavy atom. The third kappa shape index (κ3) is 4.37. The lowest BCUT2D eigenvalue weighted by Crippen LogP contribution is -2.15. The van der Waals surface area contributed by atoms with Gasteiger partial charge in [-0.15, -0.1) is 11.3 Å². The lowest BCUT2D eigenvalue weighted by Gasteiger charge is -2.15. The Morgan fingerprint density at radius 3 is 2.50 bits per heavy atom. The number of halogens is 6. The summed E-state index contributed by atoms with van der Waals surface area (Å²) in [6, 6.07) is 6.13. The van der Waals surface area contributed by atoms with Gasteiger partial charge in [0.05, 0.1) is 39.8 Å². The predicted octanol–water partition coefficient (Wildman–Crippen LogP) is 5.88. The van der Waals surface area contributed by atoms with Crippen LogP contribution in [0.15, 0.2) is 58.7 Å². The maximum atomic E-state index is 13.4. The van der Waals surface area contributed by atoms with Crippen LogP contribution in [-0.4, -0.2) is 20.8 Å². The van der Waals surface area contributed by atoms with Crippen LogP contribution in [0.4, 0.5) is 32.0 Å². The minimum absolute atomic E-state index is 0.00342. The van der Waals surface area contributed by atoms with E-state index < -0.39 is 35.1 Å². The van der Waals surface area contributed by atoms with Crippen molar-refractivity contribution in [2.75, 3.05) is 5.32 Å². The van der Waals surface area contributed by atoms with Crippen molar-refractivity contribution in [3.8, 4) is 16.3 Å². The van der Waals surface area contributed by atoms with Crippen molar-refractivity contribution in [2.24, 2.45) is 0 Å². The highest BCUT2D eigenvalue weighted by Gasteiger charge is 2.38. The van der Waals surface area contributed by atoms with E-state index in [0.717, 1.165) is 22.0 Å². The van der Waals surface area contributed by atoms with Crippen molar-refractivity contribution in [1.82, 2.24) is 14.9 Å². The molecule has 1 aromatic carbocycles. The quantitative estimate of drug-likeness (QED) is 0.377. The average molecular weight is 472 g/mol. The molecule has 0 aliphatic carbocycles. The molecule has 3 aromatic heterocycles. The Kier molecular flexibility index (Phi) is 5.28. The lowest BCUT2D eigenvalue weighted by atomic mass is 10.1. The van der Waals surface area contributed by atoms with Crippen LogP contribution < -0.4 is 5.32 Å². The van der Waals surface area contributed by atoms with Crippen molar-refractivity contribution in [2.45, 2.75) is 12.4 Å². The molecular weight excluding hydrogens is 462 g/mol. The Labute approximate surface area is 179 Å². The van der Waals surface area contributed by atoms with E-state index in [0.29, 0.717) is 17.9 Å². The van der Waals surface area contributed by atoms with E-state index in [1.807, 2.05) is 5.38 Å². The summed E-state index contributed by atoms with van der Waals surface area (Å²) in [6.07, 6.45) is -7.92. The monoisotopic (exact) mass is 472 g/mol. The molecule has 0 aliphatic heterocycles. The molecule has 1 N–H and O–H groups in total. The number of anilines is 1. The standard InChI is InChI=1S/C19H10F6N4O2S/c20-18(21,22)10-3-4-14(12(6-10)19(23,24)25)29-9-11(8-26-29)27-17(30)13-7-15(31-28-13)16-2-1-5-32-16/h1-9H,(H,27,30). The molecule has 0 spiro atoms. The molecule has 32 heavy (non-hydrogen) atoms. The van der Waals surface area contributed by atoms with E-state index in [9.17, 15) is 31.1 Å². The van der Waals surface area contributed by atoms with Gasteiger partial charge < -0.3 is 9.84 Å². The van der Waals surface area contributed by atoms with Crippen molar-refractivity contribution >= 4 is 22.9 Å². The van der Waals surface area contributed by atoms with Crippen LogP contribution in [0.2, 0.25) is 0 Å². The number of nitrogens with zero attached hydrogens (tertiary/aromatic N) is 3. The van der Waals surface area contributed by atoms with Gasteiger partial charge in [-0.3, -0.25) is 4.79 Å². The van der Waals surface area contributed by atoms with E-state index >= 15 is 0 Å². The van der Waals surface area contributed by atoms with Gasteiger partial charge in [0.1, 0.15) is 0 Å². The van der Waals surface area contributed by atoms with E-state index in [4.69, 9.17) is 4.52 Å². The van der Waals surface area contributed by atoms with Crippen LogP contribution in [0.1, 0.15) is 21.6 Å². The third-order valence-electron chi connectivity index (χ3n) is 4.22. The maximum Gasteiger partial charge on any atom is 0.418 e. The highest BCUT2D eigenvalue weighted by Crippen LogP contribution is 2.38. The molecular formula is C19H10F6N4O2S. The molecule has 6 nitrogen and oxygen atoms in total. The van der Waals surface area contributed by atoms with Crippen molar-refractivity contribution in [3.05, 3.63) is 71.0 Å².